The highest BCUT2D eigenvalue weighted by Crippen LogP contribution is 2.21. The molecule has 0 saturated carbocycles. The molecule has 0 radical (unpaired) electrons. The fourth-order valence-corrected chi connectivity index (χ4v) is 2.15. The maximum atomic E-state index is 10.7. The van der Waals surface area contributed by atoms with Crippen LogP contribution < -0.4 is 0 Å². The van der Waals surface area contributed by atoms with Crippen LogP contribution in [0.25, 0.3) is 5.69 Å². The average Bonchev–Trinajstić information content (AvgIpc) is 3.07. The summed E-state index contributed by atoms with van der Waals surface area (Å²) in [5, 5.41) is 18.9. The van der Waals surface area contributed by atoms with Gasteiger partial charge in [0, 0.05) is 6.20 Å². The van der Waals surface area contributed by atoms with Gasteiger partial charge in [-0.3, -0.25) is 0 Å². The van der Waals surface area contributed by atoms with Crippen molar-refractivity contribution in [2.24, 2.45) is 0 Å². The van der Waals surface area contributed by atoms with Crippen molar-refractivity contribution in [2.45, 2.75) is 6.54 Å². The zero-order valence-corrected chi connectivity index (χ0v) is 11.5. The molecule has 0 spiro atoms. The molecule has 0 amide bonds. The van der Waals surface area contributed by atoms with Gasteiger partial charge in [0.05, 0.1) is 22.7 Å². The highest BCUT2D eigenvalue weighted by Gasteiger charge is 2.19. The van der Waals surface area contributed by atoms with Gasteiger partial charge in [-0.1, -0.05) is 29.8 Å². The van der Waals surface area contributed by atoms with Gasteiger partial charge in [0.1, 0.15) is 6.54 Å². The summed E-state index contributed by atoms with van der Waals surface area (Å²) < 4.78 is 3.13. The highest BCUT2D eigenvalue weighted by atomic mass is 35.5. The van der Waals surface area contributed by atoms with E-state index in [1.165, 1.54) is 10.9 Å². The van der Waals surface area contributed by atoms with E-state index in [0.717, 1.165) is 11.4 Å². The first-order valence-corrected chi connectivity index (χ1v) is 6.48. The Morgan fingerprint density at radius 2 is 1.95 bits per heavy atom. The van der Waals surface area contributed by atoms with Crippen molar-refractivity contribution in [1.29, 1.82) is 0 Å². The zero-order chi connectivity index (χ0) is 14.8. The first-order valence-electron chi connectivity index (χ1n) is 6.11. The Kier molecular flexibility index (Phi) is 3.41. The summed E-state index contributed by atoms with van der Waals surface area (Å²) in [6, 6.07) is 11.5. The average molecular weight is 304 g/mol. The molecule has 0 atom stereocenters. The lowest BCUT2D eigenvalue weighted by Gasteiger charge is -1.99. The maximum Gasteiger partial charge on any atom is 0.408 e. The molecule has 8 heteroatoms. The lowest BCUT2D eigenvalue weighted by atomic mass is 10.3. The first kappa shape index (κ1) is 13.3. The summed E-state index contributed by atoms with van der Waals surface area (Å²) in [5.41, 5.74) is 1.67. The van der Waals surface area contributed by atoms with Crippen molar-refractivity contribution in [2.75, 3.05) is 0 Å². The zero-order valence-electron chi connectivity index (χ0n) is 10.8. The van der Waals surface area contributed by atoms with E-state index in [-0.39, 0.29) is 10.8 Å². The molecular weight excluding hydrogens is 294 g/mol. The number of para-hydroxylation sites is 1. The second-order valence-corrected chi connectivity index (χ2v) is 4.75. The summed E-state index contributed by atoms with van der Waals surface area (Å²) in [6.45, 7) is 0.313. The molecular formula is C13H10ClN5O2. The van der Waals surface area contributed by atoms with Crippen LogP contribution in [0, 0.1) is 10.1 Å². The lowest BCUT2D eigenvalue weighted by Crippen LogP contribution is -2.03. The molecule has 0 aliphatic carbocycles. The van der Waals surface area contributed by atoms with Crippen LogP contribution in [-0.2, 0) is 6.54 Å². The molecule has 0 saturated heterocycles. The van der Waals surface area contributed by atoms with Gasteiger partial charge in [-0.25, -0.2) is 4.68 Å². The van der Waals surface area contributed by atoms with Crippen LogP contribution in [0.3, 0.4) is 0 Å². The van der Waals surface area contributed by atoms with Crippen molar-refractivity contribution >= 4 is 17.4 Å². The number of nitrogens with zero attached hydrogens (tertiary/aromatic N) is 5. The van der Waals surface area contributed by atoms with Crippen molar-refractivity contribution in [3.63, 3.8) is 0 Å². The van der Waals surface area contributed by atoms with Gasteiger partial charge in [0.2, 0.25) is 0 Å². The van der Waals surface area contributed by atoms with E-state index in [1.807, 2.05) is 42.6 Å². The predicted molar refractivity (Wildman–Crippen MR) is 76.6 cm³/mol. The molecule has 0 unspecified atom stereocenters. The fraction of sp³-hybridized carbons (Fsp3) is 0.0769. The highest BCUT2D eigenvalue weighted by molar-refractivity contribution is 6.32. The van der Waals surface area contributed by atoms with Gasteiger partial charge < -0.3 is 10.1 Å². The van der Waals surface area contributed by atoms with E-state index in [9.17, 15) is 10.1 Å². The quantitative estimate of drug-likeness (QED) is 0.548. The van der Waals surface area contributed by atoms with Gasteiger partial charge in [0.15, 0.2) is 5.02 Å². The van der Waals surface area contributed by atoms with E-state index in [4.69, 9.17) is 11.6 Å². The van der Waals surface area contributed by atoms with E-state index in [2.05, 4.69) is 10.2 Å². The van der Waals surface area contributed by atoms with Crippen molar-refractivity contribution in [3.8, 4) is 5.69 Å². The lowest BCUT2D eigenvalue weighted by molar-refractivity contribution is -0.389. The molecule has 2 aromatic heterocycles. The van der Waals surface area contributed by atoms with Crippen LogP contribution >= 0.6 is 11.6 Å². The number of benzene rings is 1. The number of nitro groups is 1. The molecule has 3 aromatic rings. The van der Waals surface area contributed by atoms with Crippen LogP contribution in [0.5, 0.6) is 0 Å². The third-order valence-corrected chi connectivity index (χ3v) is 3.13. The molecule has 21 heavy (non-hydrogen) atoms. The van der Waals surface area contributed by atoms with Gasteiger partial charge in [-0.15, -0.1) is 0 Å². The minimum absolute atomic E-state index is 0.0162. The van der Waals surface area contributed by atoms with Crippen molar-refractivity contribution in [3.05, 3.63) is 69.6 Å². The third kappa shape index (κ3) is 2.77. The summed E-state index contributed by atoms with van der Waals surface area (Å²) in [4.78, 5) is 10.1. The van der Waals surface area contributed by atoms with Crippen molar-refractivity contribution in [1.82, 2.24) is 19.6 Å². The Morgan fingerprint density at radius 3 is 2.62 bits per heavy atom. The predicted octanol–water partition coefficient (Wildman–Crippen LogP) is 2.68. The third-order valence-electron chi connectivity index (χ3n) is 2.86. The minimum Gasteiger partial charge on any atom is -0.358 e. The summed E-state index contributed by atoms with van der Waals surface area (Å²) >= 11 is 5.76. The molecule has 0 aliphatic heterocycles. The molecule has 106 valence electrons. The van der Waals surface area contributed by atoms with Crippen LogP contribution in [-0.4, -0.2) is 24.5 Å². The van der Waals surface area contributed by atoms with Gasteiger partial charge in [-0.2, -0.15) is 9.78 Å². The van der Waals surface area contributed by atoms with Crippen LogP contribution in [0.1, 0.15) is 5.69 Å². The summed E-state index contributed by atoms with van der Waals surface area (Å²) in [6.07, 6.45) is 3.24. The van der Waals surface area contributed by atoms with Gasteiger partial charge in [-0.05, 0) is 23.1 Å². The number of hydrogen-bond acceptors (Lipinski definition) is 4. The maximum absolute atomic E-state index is 10.7. The van der Waals surface area contributed by atoms with E-state index >= 15 is 0 Å². The van der Waals surface area contributed by atoms with E-state index in [1.54, 1.807) is 4.68 Å². The summed E-state index contributed by atoms with van der Waals surface area (Å²) in [7, 11) is 0. The Bertz CT molecular complexity index is 781. The normalized spacial score (nSPS) is 10.7. The monoisotopic (exact) mass is 303 g/mol. The van der Waals surface area contributed by atoms with Crippen LogP contribution in [0.15, 0.2) is 48.8 Å². The Morgan fingerprint density at radius 1 is 1.19 bits per heavy atom. The Hall–Kier alpha value is -2.67. The SMILES string of the molecule is O=[N+]([O-])c1nn(Cc2ccn(-c3ccccc3)n2)cc1Cl. The molecule has 0 fully saturated rings. The standard InChI is InChI=1S/C13H10ClN5O2/c14-12-9-17(16-13(12)19(20)21)8-10-6-7-18(15-10)11-4-2-1-3-5-11/h1-7,9H,8H2. The van der Waals surface area contributed by atoms with E-state index in [0.29, 0.717) is 6.54 Å². The number of halogens is 1. The first-order chi connectivity index (χ1) is 10.1. The summed E-state index contributed by atoms with van der Waals surface area (Å²) in [5.74, 6) is -0.348. The van der Waals surface area contributed by atoms with Crippen LogP contribution in [0.4, 0.5) is 5.82 Å². The molecule has 3 rings (SSSR count). The fourth-order valence-electron chi connectivity index (χ4n) is 1.93. The smallest absolute Gasteiger partial charge is 0.358 e. The second kappa shape index (κ2) is 5.37. The van der Waals surface area contributed by atoms with Crippen molar-refractivity contribution < 1.29 is 4.92 Å². The largest absolute Gasteiger partial charge is 0.408 e. The topological polar surface area (TPSA) is 78.8 Å². The number of aromatic nitrogens is 4. The Balaban J connectivity index is 1.82. The Labute approximate surface area is 124 Å². The molecule has 7 nitrogen and oxygen atoms in total. The second-order valence-electron chi connectivity index (χ2n) is 4.34. The number of rotatable bonds is 4. The van der Waals surface area contributed by atoms with Gasteiger partial charge >= 0.3 is 5.82 Å². The minimum atomic E-state index is -0.610. The van der Waals surface area contributed by atoms with E-state index < -0.39 is 4.92 Å². The molecule has 0 aliphatic rings. The van der Waals surface area contributed by atoms with Crippen LogP contribution in [0.2, 0.25) is 5.02 Å². The van der Waals surface area contributed by atoms with Gasteiger partial charge in [0.25, 0.3) is 0 Å². The molecule has 2 heterocycles. The molecule has 1 aromatic carbocycles. The molecule has 0 bridgehead atoms. The molecule has 0 N–H and O–H groups in total. The number of hydrogen-bond donors (Lipinski definition) is 0.